The standard InChI is InChI=1S/C47H68N12O15S/c1-4-25(2)42-45(72)53-20-37(65)50-22-39(67)56-32(46(73)58-12-5-6-30(58)14-28(15-31(61)24-60)44(71)52-19-36(64)51-23-40(68)57-42)16-35(63)48-18-27-7-9-29(10-8-27)55-43(70)26(3)54-38(66)21-49-34(62)11-13-59-41(69)17-33(75)47(59)74/h7-10,25-26,28,30-33,42,60-61,75H,4-6,11-24H2,1-3H3,(H,48,63)(H,49,62)(H,50,65)(H,51,64)(H,52,71)(H,53,72)(H,54,66)(H,55,70)(H,56,67)(H,57,68)/t25-,26-,28-,30?,31+,32-,33?,42-/m0/s1. The molecule has 1 aromatic rings. The highest BCUT2D eigenvalue weighted by atomic mass is 32.1. The number of likely N-dealkylation sites (tertiary alicyclic amines) is 1. The molecule has 3 aliphatic heterocycles. The van der Waals surface area contributed by atoms with Crippen molar-refractivity contribution in [3.8, 4) is 0 Å². The predicted molar refractivity (Wildman–Crippen MR) is 267 cm³/mol. The van der Waals surface area contributed by atoms with Gasteiger partial charge in [0.15, 0.2) is 0 Å². The Labute approximate surface area is 437 Å². The Balaban J connectivity index is 1.39. The molecule has 0 spiro atoms. The first kappa shape index (κ1) is 60.4. The largest absolute Gasteiger partial charge is 0.394 e. The lowest BCUT2D eigenvalue weighted by Gasteiger charge is -2.31. The lowest BCUT2D eigenvalue weighted by Crippen LogP contribution is -2.55. The van der Waals surface area contributed by atoms with Gasteiger partial charge in [0.2, 0.25) is 76.8 Å². The van der Waals surface area contributed by atoms with Gasteiger partial charge in [-0.2, -0.15) is 12.6 Å². The van der Waals surface area contributed by atoms with Gasteiger partial charge in [-0.3, -0.25) is 67.2 Å². The molecule has 27 nitrogen and oxygen atoms in total. The summed E-state index contributed by atoms with van der Waals surface area (Å²) in [4.78, 5) is 170. The summed E-state index contributed by atoms with van der Waals surface area (Å²) in [5, 5.41) is 44.0. The molecule has 0 radical (unpaired) electrons. The van der Waals surface area contributed by atoms with E-state index in [2.05, 4.69) is 65.8 Å². The molecular weight excluding hydrogens is 1000 g/mol. The van der Waals surface area contributed by atoms with E-state index >= 15 is 0 Å². The van der Waals surface area contributed by atoms with Crippen LogP contribution in [0.2, 0.25) is 0 Å². The quantitative estimate of drug-likeness (QED) is 0.0513. The van der Waals surface area contributed by atoms with Crippen LogP contribution in [0.25, 0.3) is 0 Å². The van der Waals surface area contributed by atoms with Gasteiger partial charge in [0.05, 0.1) is 57.1 Å². The highest BCUT2D eigenvalue weighted by molar-refractivity contribution is 7.81. The van der Waals surface area contributed by atoms with Gasteiger partial charge in [-0.05, 0) is 56.2 Å². The summed E-state index contributed by atoms with van der Waals surface area (Å²) in [6.07, 6.45) is -1.23. The van der Waals surface area contributed by atoms with Crippen molar-refractivity contribution in [1.29, 1.82) is 0 Å². The molecule has 0 aliphatic carbocycles. The van der Waals surface area contributed by atoms with Crippen molar-refractivity contribution in [3.63, 3.8) is 0 Å². The molecule has 3 saturated heterocycles. The fourth-order valence-electron chi connectivity index (χ4n) is 8.21. The van der Waals surface area contributed by atoms with Crippen LogP contribution in [0.3, 0.4) is 0 Å². The average Bonchev–Trinajstić information content (AvgIpc) is 3.95. The molecule has 3 heterocycles. The van der Waals surface area contributed by atoms with Gasteiger partial charge in [-0.25, -0.2) is 0 Å². The average molecular weight is 1070 g/mol. The molecule has 3 fully saturated rings. The summed E-state index contributed by atoms with van der Waals surface area (Å²) in [5.41, 5.74) is 0.876. The Morgan fingerprint density at radius 2 is 1.41 bits per heavy atom. The van der Waals surface area contributed by atoms with Crippen molar-refractivity contribution in [2.75, 3.05) is 57.7 Å². The number of carbonyl (C=O) groups is 13. The molecule has 75 heavy (non-hydrogen) atoms. The second-order valence-corrected chi connectivity index (χ2v) is 19.1. The second-order valence-electron chi connectivity index (χ2n) is 18.5. The monoisotopic (exact) mass is 1070 g/mol. The molecule has 4 rings (SSSR count). The van der Waals surface area contributed by atoms with E-state index in [0.717, 1.165) is 4.90 Å². The van der Waals surface area contributed by atoms with Crippen LogP contribution in [0.1, 0.15) is 77.7 Å². The third kappa shape index (κ3) is 19.5. The van der Waals surface area contributed by atoms with Crippen molar-refractivity contribution in [3.05, 3.63) is 29.8 Å². The smallest absolute Gasteiger partial charge is 0.246 e. The molecule has 2 unspecified atom stereocenters. The highest BCUT2D eigenvalue weighted by Gasteiger charge is 2.39. The van der Waals surface area contributed by atoms with Gasteiger partial charge in [0.25, 0.3) is 0 Å². The maximum atomic E-state index is 14.3. The van der Waals surface area contributed by atoms with E-state index in [1.54, 1.807) is 26.0 Å². The Morgan fingerprint density at radius 3 is 2.03 bits per heavy atom. The van der Waals surface area contributed by atoms with E-state index in [0.29, 0.717) is 30.5 Å². The molecule has 8 atom stereocenters. The summed E-state index contributed by atoms with van der Waals surface area (Å²) >= 11 is 4.03. The number of carbonyl (C=O) groups excluding carboxylic acids is 13. The first-order valence-corrected chi connectivity index (χ1v) is 25.1. The zero-order chi connectivity index (χ0) is 55.4. The van der Waals surface area contributed by atoms with Crippen LogP contribution >= 0.6 is 12.6 Å². The molecule has 3 aliphatic rings. The van der Waals surface area contributed by atoms with Crippen LogP contribution in [0, 0.1) is 11.8 Å². The summed E-state index contributed by atoms with van der Waals surface area (Å²) in [6.45, 7) is 1.23. The normalized spacial score (nSPS) is 23.0. The van der Waals surface area contributed by atoms with Crippen LogP contribution < -0.4 is 53.2 Å². The SMILES string of the molecule is CC[C@H](C)[C@@H]1NC(=O)CNC(=O)CNC(=O)[C@H](C[C@@H](O)CO)CC2CCCN2C(=O)[C@H](CC(=O)NCc2ccc(NC(=O)[C@H](C)NC(=O)CNC(=O)CCN3C(=O)CC(S)C3=O)cc2)NC(=O)CNC(=O)CNC1=O. The first-order chi connectivity index (χ1) is 35.6. The van der Waals surface area contributed by atoms with Gasteiger partial charge < -0.3 is 68.3 Å². The highest BCUT2D eigenvalue weighted by Crippen LogP contribution is 2.27. The molecule has 13 amide bonds. The number of aliphatic hydroxyl groups is 2. The zero-order valence-electron chi connectivity index (χ0n) is 42.0. The Hall–Kier alpha value is -7.20. The number of fused-ring (bicyclic) bond motifs is 1. The number of hydrogen-bond acceptors (Lipinski definition) is 16. The summed E-state index contributed by atoms with van der Waals surface area (Å²) < 4.78 is 0. The Morgan fingerprint density at radius 1 is 0.787 bits per heavy atom. The lowest BCUT2D eigenvalue weighted by atomic mass is 9.91. The van der Waals surface area contributed by atoms with E-state index in [9.17, 15) is 72.5 Å². The zero-order valence-corrected chi connectivity index (χ0v) is 42.9. The van der Waals surface area contributed by atoms with Crippen molar-refractivity contribution in [2.24, 2.45) is 11.8 Å². The minimum Gasteiger partial charge on any atom is -0.394 e. The number of imide groups is 1. The van der Waals surface area contributed by atoms with Gasteiger partial charge >= 0.3 is 0 Å². The Bertz CT molecular complexity index is 2310. The molecule has 0 saturated carbocycles. The number of nitrogens with zero attached hydrogens (tertiary/aromatic N) is 2. The van der Waals surface area contributed by atoms with Crippen molar-refractivity contribution < 1.29 is 72.5 Å². The van der Waals surface area contributed by atoms with Crippen molar-refractivity contribution in [2.45, 2.75) is 114 Å². The number of amides is 13. The van der Waals surface area contributed by atoms with E-state index in [-0.39, 0.29) is 45.3 Å². The second kappa shape index (κ2) is 29.6. The summed E-state index contributed by atoms with van der Waals surface area (Å²) in [6, 6.07) is 1.91. The van der Waals surface area contributed by atoms with Crippen LogP contribution in [-0.2, 0) is 68.9 Å². The molecule has 0 bridgehead atoms. The van der Waals surface area contributed by atoms with Crippen LogP contribution in [0.4, 0.5) is 5.69 Å². The van der Waals surface area contributed by atoms with Crippen molar-refractivity contribution >= 4 is 95.1 Å². The molecule has 12 N–H and O–H groups in total. The molecular formula is C47H68N12O15S. The molecule has 0 aromatic heterocycles. The van der Waals surface area contributed by atoms with Gasteiger partial charge in [-0.1, -0.05) is 32.4 Å². The lowest BCUT2D eigenvalue weighted by molar-refractivity contribution is -0.140. The van der Waals surface area contributed by atoms with Gasteiger partial charge in [0.1, 0.15) is 18.1 Å². The third-order valence-corrected chi connectivity index (χ3v) is 13.0. The van der Waals surface area contributed by atoms with E-state index < -0.39 is 170 Å². The molecule has 28 heteroatoms. The minimum absolute atomic E-state index is 0.0443. The van der Waals surface area contributed by atoms with Gasteiger partial charge in [-0.15, -0.1) is 0 Å². The number of benzene rings is 1. The van der Waals surface area contributed by atoms with E-state index in [4.69, 9.17) is 0 Å². The third-order valence-electron chi connectivity index (χ3n) is 12.6. The Kier molecular flexibility index (Phi) is 23.8. The number of thiol groups is 1. The number of hydrogen-bond donors (Lipinski definition) is 13. The predicted octanol–water partition coefficient (Wildman–Crippen LogP) is -5.07. The maximum absolute atomic E-state index is 14.3. The fourth-order valence-corrected chi connectivity index (χ4v) is 8.51. The summed E-state index contributed by atoms with van der Waals surface area (Å²) in [5.74, 6) is -10.2. The van der Waals surface area contributed by atoms with Crippen LogP contribution in [-0.4, -0.2) is 185 Å². The van der Waals surface area contributed by atoms with Gasteiger partial charge in [0, 0.05) is 50.1 Å². The number of rotatable bonds is 17. The maximum Gasteiger partial charge on any atom is 0.246 e. The minimum atomic E-state index is -1.49. The number of nitrogens with one attached hydrogen (secondary N) is 10. The first-order valence-electron chi connectivity index (χ1n) is 24.6. The van der Waals surface area contributed by atoms with Crippen molar-refractivity contribution in [1.82, 2.24) is 57.7 Å². The molecule has 1 aromatic carbocycles. The van der Waals surface area contributed by atoms with Crippen LogP contribution in [0.15, 0.2) is 24.3 Å². The number of aliphatic hydroxyl groups excluding tert-OH is 2. The topological polar surface area (TPSA) is 389 Å². The van der Waals surface area contributed by atoms with E-state index in [1.165, 1.54) is 24.0 Å². The summed E-state index contributed by atoms with van der Waals surface area (Å²) in [7, 11) is 0. The fraction of sp³-hybridized carbons (Fsp3) is 0.596. The van der Waals surface area contributed by atoms with E-state index in [1.807, 2.05) is 0 Å². The number of anilines is 1. The molecule has 412 valence electrons. The van der Waals surface area contributed by atoms with Crippen LogP contribution in [0.5, 0.6) is 0 Å².